The monoisotopic (exact) mass is 640 g/mol. The van der Waals surface area contributed by atoms with Crippen LogP contribution in [0.1, 0.15) is 86.9 Å². The van der Waals surface area contributed by atoms with Gasteiger partial charge in [0.15, 0.2) is 6.29 Å². The van der Waals surface area contributed by atoms with Crippen LogP contribution in [-0.4, -0.2) is 47.1 Å². The number of carbonyl (C=O) groups excluding carboxylic acids is 2. The Hall–Kier alpha value is -4.02. The Bertz CT molecular complexity index is 1460. The lowest BCUT2D eigenvalue weighted by atomic mass is 9.99. The summed E-state index contributed by atoms with van der Waals surface area (Å²) < 4.78 is 13.1. The number of carbonyl (C=O) groups is 2. The molecular formula is C38H48N4O5. The summed E-state index contributed by atoms with van der Waals surface area (Å²) in [6.07, 6.45) is 8.71. The fraction of sp³-hybridized carbons (Fsp3) is 0.421. The van der Waals surface area contributed by atoms with Gasteiger partial charge in [-0.2, -0.15) is 0 Å². The van der Waals surface area contributed by atoms with E-state index >= 15 is 0 Å². The van der Waals surface area contributed by atoms with Crippen LogP contribution in [0.25, 0.3) is 0 Å². The van der Waals surface area contributed by atoms with Crippen molar-refractivity contribution in [2.24, 2.45) is 0 Å². The number of benzene rings is 3. The number of nitrogens with one attached hydrogen (secondary N) is 2. The van der Waals surface area contributed by atoms with Crippen molar-refractivity contribution in [1.82, 2.24) is 4.90 Å². The van der Waals surface area contributed by atoms with E-state index in [9.17, 15) is 14.7 Å². The Labute approximate surface area is 278 Å². The van der Waals surface area contributed by atoms with E-state index < -0.39 is 6.29 Å². The van der Waals surface area contributed by atoms with E-state index in [1.165, 1.54) is 25.7 Å². The van der Waals surface area contributed by atoms with Gasteiger partial charge in [0.2, 0.25) is 11.8 Å². The topological polar surface area (TPSA) is 126 Å². The third-order valence-electron chi connectivity index (χ3n) is 9.02. The smallest absolute Gasteiger partial charge is 0.224 e. The maximum absolute atomic E-state index is 12.6. The summed E-state index contributed by atoms with van der Waals surface area (Å²) in [5.74, 6) is -0.221. The van der Waals surface area contributed by atoms with E-state index in [0.29, 0.717) is 48.8 Å². The first-order valence-corrected chi connectivity index (χ1v) is 16.8. The van der Waals surface area contributed by atoms with Crippen molar-refractivity contribution in [3.8, 4) is 0 Å². The van der Waals surface area contributed by atoms with Crippen molar-refractivity contribution in [3.05, 3.63) is 102 Å². The van der Waals surface area contributed by atoms with Gasteiger partial charge in [-0.05, 0) is 61.1 Å². The van der Waals surface area contributed by atoms with Gasteiger partial charge in [-0.15, -0.1) is 6.58 Å². The number of aliphatic hydroxyl groups excluding tert-OH is 1. The normalized spacial score (nSPS) is 19.8. The molecule has 0 radical (unpaired) electrons. The molecule has 3 atom stereocenters. The van der Waals surface area contributed by atoms with Crippen LogP contribution in [0, 0.1) is 0 Å². The predicted molar refractivity (Wildman–Crippen MR) is 185 cm³/mol. The third-order valence-corrected chi connectivity index (χ3v) is 9.02. The van der Waals surface area contributed by atoms with Gasteiger partial charge in [0.05, 0.1) is 30.2 Å². The fourth-order valence-corrected chi connectivity index (χ4v) is 6.44. The first-order valence-electron chi connectivity index (χ1n) is 16.8. The number of rotatable bonds is 15. The minimum atomic E-state index is -0.562. The average Bonchev–Trinajstić information content (AvgIpc) is 3.63. The Morgan fingerprint density at radius 1 is 0.894 bits per heavy atom. The number of anilines is 3. The van der Waals surface area contributed by atoms with Gasteiger partial charge >= 0.3 is 0 Å². The van der Waals surface area contributed by atoms with Crippen LogP contribution in [0.3, 0.4) is 0 Å². The predicted octanol–water partition coefficient (Wildman–Crippen LogP) is 6.87. The summed E-state index contributed by atoms with van der Waals surface area (Å²) >= 11 is 0. The van der Waals surface area contributed by atoms with Crippen LogP contribution in [0.2, 0.25) is 0 Å². The molecular weight excluding hydrogens is 592 g/mol. The minimum absolute atomic E-state index is 0.00277. The fourth-order valence-electron chi connectivity index (χ4n) is 6.44. The van der Waals surface area contributed by atoms with Gasteiger partial charge < -0.3 is 30.9 Å². The Morgan fingerprint density at radius 3 is 2.21 bits per heavy atom. The summed E-state index contributed by atoms with van der Waals surface area (Å²) in [5.41, 5.74) is 10.5. The highest BCUT2D eigenvalue weighted by Crippen LogP contribution is 2.39. The number of nitrogens with two attached hydrogens (primary N) is 1. The molecule has 47 heavy (non-hydrogen) atoms. The zero-order valence-electron chi connectivity index (χ0n) is 27.1. The lowest BCUT2D eigenvalue weighted by molar-refractivity contribution is -0.253. The summed E-state index contributed by atoms with van der Waals surface area (Å²) in [7, 11) is 0. The number of hydrogen-bond acceptors (Lipinski definition) is 7. The van der Waals surface area contributed by atoms with Crippen LogP contribution >= 0.6 is 0 Å². The van der Waals surface area contributed by atoms with Gasteiger partial charge in [-0.1, -0.05) is 67.4 Å². The van der Waals surface area contributed by atoms with E-state index in [4.69, 9.17) is 15.2 Å². The van der Waals surface area contributed by atoms with Crippen LogP contribution < -0.4 is 16.4 Å². The molecule has 0 unspecified atom stereocenters. The van der Waals surface area contributed by atoms with Crippen LogP contribution in [0.15, 0.2) is 85.5 Å². The third kappa shape index (κ3) is 9.98. The summed E-state index contributed by atoms with van der Waals surface area (Å²) in [5, 5.41) is 15.3. The Kier molecular flexibility index (Phi) is 12.6. The number of aliphatic hydroxyl groups is 1. The minimum Gasteiger partial charge on any atom is -0.397 e. The molecule has 2 amide bonds. The second-order valence-electron chi connectivity index (χ2n) is 12.5. The zero-order chi connectivity index (χ0) is 33.0. The van der Waals surface area contributed by atoms with Crippen LogP contribution in [0.5, 0.6) is 0 Å². The molecule has 5 rings (SSSR count). The average molecular weight is 641 g/mol. The van der Waals surface area contributed by atoms with Crippen molar-refractivity contribution in [2.45, 2.75) is 88.9 Å². The standard InChI is InChI=1S/C38H48N4O5/c1-2-23-42(31-9-3-4-10-31)25-32-24-35(28-17-15-27(26-43)16-18-28)47-38(46-32)29-19-21-30(22-20-29)40-36(44)13-7-8-14-37(45)41-34-12-6-5-11-33(34)39/h2,5-6,11-12,15-22,31-32,35,38,43H,1,3-4,7-10,13-14,23-26,39H2,(H,40,44)(H,41,45)/t32-,35+,38+/m0/s1. The Morgan fingerprint density at radius 2 is 1.55 bits per heavy atom. The molecule has 1 aliphatic heterocycles. The molecule has 5 N–H and O–H groups in total. The van der Waals surface area contributed by atoms with E-state index in [2.05, 4.69) is 22.1 Å². The SMILES string of the molecule is C=CCN(C[C@@H]1C[C@H](c2ccc(CO)cc2)O[C@H](c2ccc(NC(=O)CCCCC(=O)Nc3ccccc3N)cc2)O1)C1CCCC1. The number of nitrogen functional groups attached to an aromatic ring is 1. The lowest BCUT2D eigenvalue weighted by Crippen LogP contribution is -2.43. The molecule has 1 aliphatic carbocycles. The van der Waals surface area contributed by atoms with E-state index in [1.807, 2.05) is 66.7 Å². The molecule has 2 aliphatic rings. The summed E-state index contributed by atoms with van der Waals surface area (Å²) in [4.78, 5) is 27.4. The first-order chi connectivity index (χ1) is 22.9. The Balaban J connectivity index is 1.16. The first kappa shape index (κ1) is 34.3. The molecule has 0 bridgehead atoms. The highest BCUT2D eigenvalue weighted by atomic mass is 16.7. The van der Waals surface area contributed by atoms with Gasteiger partial charge in [-0.25, -0.2) is 0 Å². The lowest BCUT2D eigenvalue weighted by Gasteiger charge is -2.39. The maximum atomic E-state index is 12.6. The van der Waals surface area contributed by atoms with E-state index in [-0.39, 0.29) is 30.6 Å². The van der Waals surface area contributed by atoms with Gasteiger partial charge in [0, 0.05) is 49.6 Å². The molecule has 0 spiro atoms. The van der Waals surface area contributed by atoms with E-state index in [1.54, 1.807) is 12.1 Å². The number of nitrogens with zero attached hydrogens (tertiary/aromatic N) is 1. The summed E-state index contributed by atoms with van der Waals surface area (Å²) in [6, 6.07) is 23.2. The molecule has 1 saturated heterocycles. The highest BCUT2D eigenvalue weighted by molar-refractivity contribution is 5.94. The van der Waals surface area contributed by atoms with Crippen molar-refractivity contribution >= 4 is 28.9 Å². The van der Waals surface area contributed by atoms with E-state index in [0.717, 1.165) is 36.2 Å². The second kappa shape index (κ2) is 17.2. The molecule has 3 aromatic carbocycles. The van der Waals surface area contributed by atoms with Crippen LogP contribution in [-0.2, 0) is 25.7 Å². The molecule has 1 saturated carbocycles. The molecule has 1 heterocycles. The van der Waals surface area contributed by atoms with Crippen molar-refractivity contribution < 1.29 is 24.2 Å². The number of ether oxygens (including phenoxy) is 2. The summed E-state index contributed by atoms with van der Waals surface area (Å²) in [6.45, 7) is 5.64. The van der Waals surface area contributed by atoms with Gasteiger partial charge in [0.25, 0.3) is 0 Å². The highest BCUT2D eigenvalue weighted by Gasteiger charge is 2.34. The maximum Gasteiger partial charge on any atom is 0.224 e. The largest absolute Gasteiger partial charge is 0.397 e. The van der Waals surface area contributed by atoms with Gasteiger partial charge in [-0.3, -0.25) is 14.5 Å². The molecule has 2 fully saturated rings. The second-order valence-corrected chi connectivity index (χ2v) is 12.5. The number of para-hydroxylation sites is 2. The van der Waals surface area contributed by atoms with Gasteiger partial charge in [0.1, 0.15) is 0 Å². The molecule has 250 valence electrons. The van der Waals surface area contributed by atoms with Crippen molar-refractivity contribution in [1.29, 1.82) is 0 Å². The number of amides is 2. The quantitative estimate of drug-likeness (QED) is 0.0811. The molecule has 9 heteroatoms. The van der Waals surface area contributed by atoms with Crippen LogP contribution in [0.4, 0.5) is 17.1 Å². The molecule has 0 aromatic heterocycles. The molecule has 3 aromatic rings. The zero-order valence-corrected chi connectivity index (χ0v) is 27.1. The molecule has 9 nitrogen and oxygen atoms in total. The van der Waals surface area contributed by atoms with Crippen molar-refractivity contribution in [2.75, 3.05) is 29.5 Å². The van der Waals surface area contributed by atoms with Crippen molar-refractivity contribution in [3.63, 3.8) is 0 Å². The number of hydrogen-bond donors (Lipinski definition) is 4. The number of unbranched alkanes of at least 4 members (excludes halogenated alkanes) is 1.